The number of thiophene rings is 1. The molecule has 94 valence electrons. The molecule has 1 aromatic carbocycles. The van der Waals surface area contributed by atoms with E-state index in [-0.39, 0.29) is 6.61 Å². The highest BCUT2D eigenvalue weighted by Gasteiger charge is 2.00. The molecular weight excluding hydrogens is 258 g/mol. The zero-order valence-electron chi connectivity index (χ0n) is 10.1. The van der Waals surface area contributed by atoms with E-state index in [4.69, 9.17) is 15.1 Å². The molecule has 1 N–H and O–H groups in total. The van der Waals surface area contributed by atoms with Crippen molar-refractivity contribution in [2.75, 3.05) is 6.61 Å². The summed E-state index contributed by atoms with van der Waals surface area (Å²) in [5, 5.41) is 17.4. The van der Waals surface area contributed by atoms with Crippen LogP contribution in [-0.2, 0) is 6.61 Å². The SMILES string of the molecule is N#Cc1cccc(OCc2ccc(C#CCO)s2)c1. The lowest BCUT2D eigenvalue weighted by Gasteiger charge is -2.04. The molecule has 4 heteroatoms. The van der Waals surface area contributed by atoms with E-state index in [0.717, 1.165) is 9.75 Å². The van der Waals surface area contributed by atoms with Crippen LogP contribution in [0.5, 0.6) is 5.75 Å². The Labute approximate surface area is 115 Å². The molecule has 0 aliphatic heterocycles. The van der Waals surface area contributed by atoms with Crippen molar-refractivity contribution in [1.82, 2.24) is 0 Å². The van der Waals surface area contributed by atoms with Crippen molar-refractivity contribution in [2.45, 2.75) is 6.61 Å². The topological polar surface area (TPSA) is 53.2 Å². The Hall–Kier alpha value is -2.27. The highest BCUT2D eigenvalue weighted by molar-refractivity contribution is 7.12. The van der Waals surface area contributed by atoms with Crippen LogP contribution >= 0.6 is 11.3 Å². The van der Waals surface area contributed by atoms with Crippen molar-refractivity contribution in [3.05, 3.63) is 51.7 Å². The first kappa shape index (κ1) is 13.2. The van der Waals surface area contributed by atoms with Gasteiger partial charge in [-0.1, -0.05) is 17.9 Å². The van der Waals surface area contributed by atoms with Gasteiger partial charge in [0.25, 0.3) is 0 Å². The van der Waals surface area contributed by atoms with Crippen molar-refractivity contribution in [2.24, 2.45) is 0 Å². The molecule has 1 heterocycles. The minimum atomic E-state index is -0.134. The second-order valence-electron chi connectivity index (χ2n) is 3.65. The van der Waals surface area contributed by atoms with Crippen molar-refractivity contribution in [1.29, 1.82) is 5.26 Å². The van der Waals surface area contributed by atoms with Crippen LogP contribution in [0.4, 0.5) is 0 Å². The van der Waals surface area contributed by atoms with Gasteiger partial charge < -0.3 is 9.84 Å². The van der Waals surface area contributed by atoms with Crippen LogP contribution in [0.1, 0.15) is 15.3 Å². The van der Waals surface area contributed by atoms with E-state index >= 15 is 0 Å². The summed E-state index contributed by atoms with van der Waals surface area (Å²) in [6, 6.07) is 13.0. The number of hydrogen-bond donors (Lipinski definition) is 1. The van der Waals surface area contributed by atoms with Crippen molar-refractivity contribution >= 4 is 11.3 Å². The van der Waals surface area contributed by atoms with Gasteiger partial charge in [-0.25, -0.2) is 0 Å². The van der Waals surface area contributed by atoms with Crippen molar-refractivity contribution in [3.8, 4) is 23.7 Å². The van der Waals surface area contributed by atoms with Crippen LogP contribution in [0, 0.1) is 23.2 Å². The lowest BCUT2D eigenvalue weighted by molar-refractivity contribution is 0.310. The van der Waals surface area contributed by atoms with Gasteiger partial charge in [0.15, 0.2) is 0 Å². The number of nitrogens with zero attached hydrogens (tertiary/aromatic N) is 1. The first-order chi connectivity index (χ1) is 9.31. The third kappa shape index (κ3) is 3.86. The maximum atomic E-state index is 8.79. The number of aliphatic hydroxyl groups excluding tert-OH is 1. The smallest absolute Gasteiger partial charge is 0.122 e. The third-order valence-corrected chi connectivity index (χ3v) is 3.27. The Balaban J connectivity index is 1.98. The number of hydrogen-bond acceptors (Lipinski definition) is 4. The third-order valence-electron chi connectivity index (χ3n) is 2.30. The molecule has 1 aromatic heterocycles. The Morgan fingerprint density at radius 1 is 1.26 bits per heavy atom. The average Bonchev–Trinajstić information content (AvgIpc) is 2.91. The predicted octanol–water partition coefficient (Wildman–Crippen LogP) is 2.54. The molecule has 2 aromatic rings. The highest BCUT2D eigenvalue weighted by atomic mass is 32.1. The predicted molar refractivity (Wildman–Crippen MR) is 73.8 cm³/mol. The summed E-state index contributed by atoms with van der Waals surface area (Å²) in [5.41, 5.74) is 0.582. The fourth-order valence-electron chi connectivity index (χ4n) is 1.46. The van der Waals surface area contributed by atoms with Crippen LogP contribution in [0.2, 0.25) is 0 Å². The van der Waals surface area contributed by atoms with Gasteiger partial charge in [0, 0.05) is 4.88 Å². The Bertz CT molecular complexity index is 659. The van der Waals surface area contributed by atoms with Gasteiger partial charge >= 0.3 is 0 Å². The van der Waals surface area contributed by atoms with E-state index < -0.39 is 0 Å². The lowest BCUT2D eigenvalue weighted by atomic mass is 10.2. The molecular formula is C15H11NO2S. The summed E-state index contributed by atoms with van der Waals surface area (Å²) >= 11 is 1.53. The molecule has 0 atom stereocenters. The second-order valence-corrected chi connectivity index (χ2v) is 4.82. The van der Waals surface area contributed by atoms with E-state index in [9.17, 15) is 0 Å². The molecule has 0 radical (unpaired) electrons. The quantitative estimate of drug-likeness (QED) is 0.871. The minimum absolute atomic E-state index is 0.134. The summed E-state index contributed by atoms with van der Waals surface area (Å²) in [4.78, 5) is 1.95. The maximum absolute atomic E-state index is 8.79. The summed E-state index contributed by atoms with van der Waals surface area (Å²) in [5.74, 6) is 6.13. The molecule has 19 heavy (non-hydrogen) atoms. The first-order valence-electron chi connectivity index (χ1n) is 5.63. The molecule has 0 fully saturated rings. The largest absolute Gasteiger partial charge is 0.488 e. The van der Waals surface area contributed by atoms with E-state index in [1.54, 1.807) is 18.2 Å². The molecule has 0 aliphatic carbocycles. The molecule has 3 nitrogen and oxygen atoms in total. The normalized spacial score (nSPS) is 9.26. The molecule has 2 rings (SSSR count). The van der Waals surface area contributed by atoms with Crippen molar-refractivity contribution < 1.29 is 9.84 Å². The van der Waals surface area contributed by atoms with Gasteiger partial charge in [0.2, 0.25) is 0 Å². The number of ether oxygens (including phenoxy) is 1. The number of rotatable bonds is 3. The average molecular weight is 269 g/mol. The van der Waals surface area contributed by atoms with E-state index in [2.05, 4.69) is 17.9 Å². The van der Waals surface area contributed by atoms with Crippen LogP contribution in [0.25, 0.3) is 0 Å². The summed E-state index contributed by atoms with van der Waals surface area (Å²) in [6.07, 6.45) is 0. The maximum Gasteiger partial charge on any atom is 0.122 e. The van der Waals surface area contributed by atoms with Gasteiger partial charge in [0.1, 0.15) is 19.0 Å². The number of nitriles is 1. The Morgan fingerprint density at radius 2 is 2.16 bits per heavy atom. The lowest BCUT2D eigenvalue weighted by Crippen LogP contribution is -1.92. The summed E-state index contributed by atoms with van der Waals surface area (Å²) < 4.78 is 5.61. The molecule has 0 aliphatic rings. The number of benzene rings is 1. The van der Waals surface area contributed by atoms with Crippen LogP contribution in [0.3, 0.4) is 0 Å². The first-order valence-corrected chi connectivity index (χ1v) is 6.45. The van der Waals surface area contributed by atoms with Gasteiger partial charge in [-0.15, -0.1) is 11.3 Å². The molecule has 0 unspecified atom stereocenters. The summed E-state index contributed by atoms with van der Waals surface area (Å²) in [6.45, 7) is 0.311. The fourth-order valence-corrected chi connectivity index (χ4v) is 2.25. The standard InChI is InChI=1S/C15H11NO2S/c16-10-12-3-1-4-13(9-12)18-11-15-7-6-14(19-15)5-2-8-17/h1,3-4,6-7,9,17H,8,11H2. The van der Waals surface area contributed by atoms with E-state index in [0.29, 0.717) is 17.9 Å². The van der Waals surface area contributed by atoms with E-state index in [1.807, 2.05) is 18.2 Å². The zero-order chi connectivity index (χ0) is 13.5. The highest BCUT2D eigenvalue weighted by Crippen LogP contribution is 2.19. The van der Waals surface area contributed by atoms with Crippen molar-refractivity contribution in [3.63, 3.8) is 0 Å². The molecule has 0 amide bonds. The summed E-state index contributed by atoms with van der Waals surface area (Å²) in [7, 11) is 0. The van der Waals surface area contributed by atoms with Crippen LogP contribution in [0.15, 0.2) is 36.4 Å². The Kier molecular flexibility index (Phi) is 4.58. The molecule has 0 bridgehead atoms. The minimum Gasteiger partial charge on any atom is -0.488 e. The van der Waals surface area contributed by atoms with Gasteiger partial charge in [-0.3, -0.25) is 0 Å². The molecule has 0 saturated carbocycles. The fraction of sp³-hybridized carbons (Fsp3) is 0.133. The Morgan fingerprint density at radius 3 is 2.95 bits per heavy atom. The van der Waals surface area contributed by atoms with E-state index in [1.165, 1.54) is 11.3 Å². The van der Waals surface area contributed by atoms with Crippen LogP contribution < -0.4 is 4.74 Å². The van der Waals surface area contributed by atoms with Gasteiger partial charge in [-0.05, 0) is 30.3 Å². The zero-order valence-corrected chi connectivity index (χ0v) is 10.9. The van der Waals surface area contributed by atoms with Crippen LogP contribution in [-0.4, -0.2) is 11.7 Å². The molecule has 0 spiro atoms. The number of aliphatic hydroxyl groups is 1. The second kappa shape index (κ2) is 6.61. The molecule has 0 saturated heterocycles. The van der Waals surface area contributed by atoms with Gasteiger partial charge in [-0.2, -0.15) is 5.26 Å². The van der Waals surface area contributed by atoms with Gasteiger partial charge in [0.05, 0.1) is 16.5 Å². The monoisotopic (exact) mass is 269 g/mol.